The molecule has 0 saturated carbocycles. The van der Waals surface area contributed by atoms with Gasteiger partial charge in [0.2, 0.25) is 17.5 Å². The Balaban J connectivity index is 0.000000538. The molecule has 0 saturated heterocycles. The fourth-order valence-electron chi connectivity index (χ4n) is 10.2. The number of aryl methyl sites for hydroxylation is 1. The first kappa shape index (κ1) is 97.2. The number of phenols is 4. The number of nitrogens with zero attached hydrogens (tertiary/aromatic N) is 4. The van der Waals surface area contributed by atoms with Crippen LogP contribution >= 0.6 is 35.7 Å². The number of nitrogen functional groups attached to an aromatic ring is 3. The normalized spacial score (nSPS) is 12.0. The summed E-state index contributed by atoms with van der Waals surface area (Å²) in [5.41, 5.74) is 13.1. The number of alkyl halides is 3. The standard InChI is InChI=1S/C30H39N3O8S2.C17H11ClF3N3O4S.C14H10N2O10S2.5Na/c1-3-4-5-6-7-8-9-10-11-12-13-22-14-16-24(17-15-22)32-33-29-27(42-41-40-36)19-23-18-25(43(37,38)39)20-26(31-21(2)34)28(23)30(29)35;18-9-2-4-13(11(6-9)17(19,20)21)23-24-16-12(22)3-1-8-5-10(29(26,27)28)7-14(25)15(8)16;15-3-1-5(27-26-25-21)11(17)9-7(3)14(20)10-8(13(9)19)4(16)2-6(12(10)18)28(22,23)24;;;;;/h14-20,35-36H,3-13H2,1-2H3,(H,31,34)(H,37,38,39);1-7,25H,22H2,(H,26,27,28);1-2,17-18,21H,15-16H2,(H,22,23,24);;;;;/q;;;5*+1/p-5. The summed E-state index contributed by atoms with van der Waals surface area (Å²) in [7, 11) is -15.0. The Labute approximate surface area is 722 Å². The van der Waals surface area contributed by atoms with Crippen molar-refractivity contribution in [2.45, 2.75) is 115 Å². The van der Waals surface area contributed by atoms with E-state index in [4.69, 9.17) is 28.8 Å². The van der Waals surface area contributed by atoms with Crippen molar-refractivity contribution in [3.63, 3.8) is 0 Å². The average molecular weight is 1620 g/mol. The number of nitrogens with one attached hydrogen (secondary N) is 1. The number of ketones is 2. The Morgan fingerprint density at radius 3 is 1.61 bits per heavy atom. The summed E-state index contributed by atoms with van der Waals surface area (Å²) in [6, 6.07) is 19.5. The van der Waals surface area contributed by atoms with Crippen molar-refractivity contribution in [2.75, 3.05) is 22.5 Å². The molecule has 1 aliphatic carbocycles. The predicted octanol–water partition coefficient (Wildman–Crippen LogP) is -3.17. The van der Waals surface area contributed by atoms with Gasteiger partial charge in [-0.15, -0.1) is 15.3 Å². The summed E-state index contributed by atoms with van der Waals surface area (Å²) in [6.45, 7) is 3.42. The molecule has 0 bridgehead atoms. The molecule has 105 heavy (non-hydrogen) atoms. The predicted molar refractivity (Wildman–Crippen MR) is 349 cm³/mol. The number of fused-ring (bicyclic) bond motifs is 4. The van der Waals surface area contributed by atoms with E-state index in [2.05, 4.69) is 51.4 Å². The molecule has 44 heteroatoms. The zero-order valence-electron chi connectivity index (χ0n) is 56.7. The van der Waals surface area contributed by atoms with Crippen LogP contribution in [0.25, 0.3) is 21.5 Å². The number of anilines is 4. The number of nitrogens with two attached hydrogens (primary N) is 3. The van der Waals surface area contributed by atoms with E-state index in [9.17, 15) is 97.4 Å². The van der Waals surface area contributed by atoms with Crippen molar-refractivity contribution in [2.24, 2.45) is 20.5 Å². The van der Waals surface area contributed by atoms with Crippen molar-refractivity contribution >= 4 is 151 Å². The van der Waals surface area contributed by atoms with E-state index >= 15 is 0 Å². The first-order valence-electron chi connectivity index (χ1n) is 29.0. The molecular formula is C61H55ClF3N8Na5O22S5. The van der Waals surface area contributed by atoms with Crippen LogP contribution in [-0.2, 0) is 66.5 Å². The Kier molecular flexibility index (Phi) is 39.9. The Morgan fingerprint density at radius 2 is 1.08 bits per heavy atom. The molecule has 30 nitrogen and oxygen atoms in total. The number of phenolic OH excluding ortho intramolecular Hbond substituents is 4. The maximum absolute atomic E-state index is 13.2. The number of aromatic hydroxyl groups is 4. The molecule has 1 amide bonds. The van der Waals surface area contributed by atoms with Crippen LogP contribution in [0.2, 0.25) is 5.02 Å². The fraction of sp³-hybridized carbons (Fsp3) is 0.230. The van der Waals surface area contributed by atoms with Gasteiger partial charge >= 0.3 is 154 Å². The molecule has 0 spiro atoms. The van der Waals surface area contributed by atoms with Crippen LogP contribution in [0.5, 0.6) is 23.0 Å². The molecule has 0 heterocycles. The SMILES string of the molecule is CCCCCCCCCCCCc1ccc(N=Nc2c(SOO[O-])cc3cc(S(=O)(=O)[O-])cc(NC(C)=O)c3c2O)cc1.Nc1cc(SOO[O-])c(O)c2c1C(=O)c1c(O)c(S(=O)(=O)[O-])cc(N)c1C2=O.Nc1ccc2cc(S(=O)(=O)[O-])cc(O)c2c1N=Nc1ccc(Cl)cc1C(F)(F)F.[Na+].[Na+].[Na+].[Na+].[Na+]. The monoisotopic (exact) mass is 1620 g/mol. The number of carbonyl (C=O) groups excluding carboxylic acids is 3. The molecule has 8 aromatic rings. The largest absolute Gasteiger partial charge is 1.00 e. The van der Waals surface area contributed by atoms with Crippen LogP contribution in [0.4, 0.5) is 58.7 Å². The number of carbonyl (C=O) groups is 3. The zero-order chi connectivity index (χ0) is 73.8. The van der Waals surface area contributed by atoms with Gasteiger partial charge in [-0.25, -0.2) is 25.3 Å². The smallest absolute Gasteiger partial charge is 0.744 e. The van der Waals surface area contributed by atoms with Gasteiger partial charge < -0.3 is 67.1 Å². The maximum Gasteiger partial charge on any atom is 1.00 e. The van der Waals surface area contributed by atoms with Crippen LogP contribution in [-0.4, -0.2) is 76.8 Å². The summed E-state index contributed by atoms with van der Waals surface area (Å²) < 4.78 is 151. The van der Waals surface area contributed by atoms with E-state index in [0.717, 1.165) is 43.2 Å². The van der Waals surface area contributed by atoms with Crippen molar-refractivity contribution in [3.05, 3.63) is 135 Å². The molecule has 8 aromatic carbocycles. The molecule has 534 valence electrons. The van der Waals surface area contributed by atoms with Gasteiger partial charge in [-0.2, -0.15) is 27.0 Å². The van der Waals surface area contributed by atoms with Gasteiger partial charge in [0.05, 0.1) is 105 Å². The third-order valence-corrected chi connectivity index (χ3v) is 18.6. The minimum atomic E-state index is -5.23. The number of benzene rings is 8. The van der Waals surface area contributed by atoms with Crippen LogP contribution in [0.3, 0.4) is 0 Å². The van der Waals surface area contributed by atoms with E-state index in [1.54, 1.807) is 12.1 Å². The van der Waals surface area contributed by atoms with Crippen LogP contribution in [0, 0.1) is 0 Å². The quantitative estimate of drug-likeness (QED) is 0.00322. The van der Waals surface area contributed by atoms with E-state index in [0.29, 0.717) is 35.9 Å². The van der Waals surface area contributed by atoms with Crippen LogP contribution in [0.1, 0.15) is 121 Å². The zero-order valence-corrected chi connectivity index (χ0v) is 71.6. The summed E-state index contributed by atoms with van der Waals surface area (Å²) >= 11 is 6.22. The van der Waals surface area contributed by atoms with E-state index < -0.39 is 131 Å². The van der Waals surface area contributed by atoms with Crippen molar-refractivity contribution in [1.29, 1.82) is 0 Å². The van der Waals surface area contributed by atoms with Crippen molar-refractivity contribution in [1.82, 2.24) is 0 Å². The number of azo groups is 2. The van der Waals surface area contributed by atoms with Gasteiger partial charge in [-0.1, -0.05) is 94.5 Å². The van der Waals surface area contributed by atoms with E-state index in [1.165, 1.54) is 94.5 Å². The Morgan fingerprint density at radius 1 is 0.562 bits per heavy atom. The Hall–Kier alpha value is -3.84. The maximum atomic E-state index is 13.2. The molecule has 0 aliphatic heterocycles. The third kappa shape index (κ3) is 25.6. The fourth-order valence-corrected chi connectivity index (χ4v) is 13.0. The van der Waals surface area contributed by atoms with Gasteiger partial charge in [-0.05, 0) is 108 Å². The minimum Gasteiger partial charge on any atom is -0.744 e. The molecule has 1 aliphatic rings. The molecule has 0 aromatic heterocycles. The van der Waals surface area contributed by atoms with Crippen molar-refractivity contribution < 1.29 is 264 Å². The summed E-state index contributed by atoms with van der Waals surface area (Å²) in [5, 5.41) is 86.8. The molecule has 0 fully saturated rings. The van der Waals surface area contributed by atoms with Crippen molar-refractivity contribution in [3.8, 4) is 23.0 Å². The second-order valence-corrected chi connectivity index (χ2v) is 27.6. The van der Waals surface area contributed by atoms with Gasteiger partial charge in [0.1, 0.15) is 59.0 Å². The van der Waals surface area contributed by atoms with Gasteiger partial charge in [0, 0.05) is 28.7 Å². The number of rotatable bonds is 25. The topological polar surface area (TPSA) is 526 Å². The molecule has 0 unspecified atom stereocenters. The summed E-state index contributed by atoms with van der Waals surface area (Å²) in [6.07, 6.45) is 8.97. The number of unbranched alkanes of at least 4 members (excludes halogenated alkanes) is 9. The number of amides is 1. The van der Waals surface area contributed by atoms with E-state index in [-0.39, 0.29) is 225 Å². The second-order valence-electron chi connectivity index (χ2n) is 21.6. The second kappa shape index (κ2) is 43.1. The van der Waals surface area contributed by atoms with Crippen LogP contribution < -0.4 is 181 Å². The number of hydrogen-bond donors (Lipinski definition) is 8. The van der Waals surface area contributed by atoms with Gasteiger partial charge in [0.25, 0.3) is 0 Å². The molecule has 11 N–H and O–H groups in total. The molecule has 9 rings (SSSR count). The molecule has 0 atom stereocenters. The third-order valence-electron chi connectivity index (χ3n) is 14.7. The van der Waals surface area contributed by atoms with Gasteiger partial charge in [0.15, 0.2) is 5.75 Å². The average Bonchev–Trinajstić information content (AvgIpc) is 0.721. The van der Waals surface area contributed by atoms with Crippen LogP contribution in [0.15, 0.2) is 142 Å². The molecular weight excluding hydrogens is 1560 g/mol. The number of hydrogen-bond acceptors (Lipinski definition) is 31. The Bertz CT molecular complexity index is 4910. The van der Waals surface area contributed by atoms with Gasteiger partial charge in [-0.3, -0.25) is 24.5 Å². The number of halogens is 4. The first-order valence-corrected chi connectivity index (χ1v) is 35.1. The molecule has 0 radical (unpaired) electrons. The minimum absolute atomic E-state index is 0. The first-order chi connectivity index (χ1) is 47.0. The summed E-state index contributed by atoms with van der Waals surface area (Å²) in [5.74, 6) is -5.99. The summed E-state index contributed by atoms with van der Waals surface area (Å²) in [4.78, 5) is 34.8. The van der Waals surface area contributed by atoms with E-state index in [1.807, 2.05) is 12.1 Å².